The third kappa shape index (κ3) is 2.41. The fourth-order valence-corrected chi connectivity index (χ4v) is 3.50. The van der Waals surface area contributed by atoms with E-state index in [4.69, 9.17) is 0 Å². The largest absolute Gasteiger partial charge is 0.416 e. The van der Waals surface area contributed by atoms with E-state index >= 15 is 0 Å². The van der Waals surface area contributed by atoms with Crippen LogP contribution in [0.1, 0.15) is 11.1 Å². The fourth-order valence-electron chi connectivity index (χ4n) is 2.76. The number of benzene rings is 1. The van der Waals surface area contributed by atoms with E-state index < -0.39 is 11.7 Å². The van der Waals surface area contributed by atoms with E-state index in [1.165, 1.54) is 12.1 Å². The molecule has 0 aliphatic carbocycles. The summed E-state index contributed by atoms with van der Waals surface area (Å²) >= 11 is 1.60. The number of rotatable bonds is 2. The van der Waals surface area contributed by atoms with Crippen LogP contribution in [-0.4, -0.2) is 16.3 Å². The fraction of sp³-hybridized carbons (Fsp3) is 0.188. The number of hydrogen-bond acceptors (Lipinski definition) is 3. The number of aromatic nitrogens is 2. The molecular formula is C16H12F3N3S. The molecule has 1 aliphatic rings. The second-order valence-corrected chi connectivity index (χ2v) is 6.23. The average molecular weight is 335 g/mol. The second-order valence-electron chi connectivity index (χ2n) is 5.29. The maximum Gasteiger partial charge on any atom is 0.416 e. The first-order valence-corrected chi connectivity index (χ1v) is 7.99. The molecule has 4 rings (SSSR count). The normalized spacial score (nSPS) is 13.9. The Balaban J connectivity index is 1.80. The van der Waals surface area contributed by atoms with Gasteiger partial charge in [-0.3, -0.25) is 0 Å². The van der Waals surface area contributed by atoms with Crippen molar-refractivity contribution in [3.05, 3.63) is 52.9 Å². The average Bonchev–Trinajstić information content (AvgIpc) is 3.23. The summed E-state index contributed by atoms with van der Waals surface area (Å²) in [7, 11) is 0. The molecule has 1 aromatic carbocycles. The van der Waals surface area contributed by atoms with Crippen molar-refractivity contribution in [1.29, 1.82) is 0 Å². The molecule has 0 bridgehead atoms. The van der Waals surface area contributed by atoms with E-state index in [1.54, 1.807) is 16.0 Å². The zero-order chi connectivity index (χ0) is 16.0. The summed E-state index contributed by atoms with van der Waals surface area (Å²) in [5, 5.41) is 9.88. The molecule has 0 saturated carbocycles. The monoisotopic (exact) mass is 335 g/mol. The van der Waals surface area contributed by atoms with Gasteiger partial charge < -0.3 is 5.32 Å². The molecule has 0 saturated heterocycles. The molecule has 2 aromatic heterocycles. The predicted molar refractivity (Wildman–Crippen MR) is 84.1 cm³/mol. The molecule has 23 heavy (non-hydrogen) atoms. The van der Waals surface area contributed by atoms with E-state index in [9.17, 15) is 13.2 Å². The molecule has 0 fully saturated rings. The van der Waals surface area contributed by atoms with Crippen molar-refractivity contribution in [1.82, 2.24) is 9.78 Å². The highest BCUT2D eigenvalue weighted by atomic mass is 32.1. The van der Waals surface area contributed by atoms with Crippen LogP contribution in [0.3, 0.4) is 0 Å². The SMILES string of the molecule is FC(F)(F)c1ccc(-n2nc(-c3cccs3)c3c2NCC3)cc1. The van der Waals surface area contributed by atoms with Crippen LogP contribution >= 0.6 is 11.3 Å². The van der Waals surface area contributed by atoms with Crippen LogP contribution in [0.2, 0.25) is 0 Å². The zero-order valence-electron chi connectivity index (χ0n) is 11.9. The van der Waals surface area contributed by atoms with Crippen LogP contribution in [0.25, 0.3) is 16.3 Å². The van der Waals surface area contributed by atoms with Gasteiger partial charge in [0, 0.05) is 12.1 Å². The third-order valence-electron chi connectivity index (χ3n) is 3.84. The number of fused-ring (bicyclic) bond motifs is 1. The molecular weight excluding hydrogens is 323 g/mol. The standard InChI is InChI=1S/C16H12F3N3S/c17-16(18,19)10-3-5-11(6-4-10)22-15-12(7-8-20-15)14(21-22)13-2-1-9-23-13/h1-6,9,20H,7-8H2. The second kappa shape index (κ2) is 5.13. The maximum atomic E-state index is 12.7. The lowest BCUT2D eigenvalue weighted by Gasteiger charge is -2.09. The van der Waals surface area contributed by atoms with Gasteiger partial charge in [-0.2, -0.15) is 18.3 Å². The van der Waals surface area contributed by atoms with Crippen molar-refractivity contribution in [2.45, 2.75) is 12.6 Å². The maximum absolute atomic E-state index is 12.7. The Morgan fingerprint density at radius 3 is 2.57 bits per heavy atom. The lowest BCUT2D eigenvalue weighted by atomic mass is 10.2. The predicted octanol–water partition coefficient (Wildman–Crippen LogP) is 4.59. The van der Waals surface area contributed by atoms with Crippen LogP contribution in [0, 0.1) is 0 Å². The molecule has 0 spiro atoms. The van der Waals surface area contributed by atoms with Gasteiger partial charge in [0.15, 0.2) is 0 Å². The van der Waals surface area contributed by atoms with Gasteiger partial charge in [-0.1, -0.05) is 6.07 Å². The molecule has 1 N–H and O–H groups in total. The minimum Gasteiger partial charge on any atom is -0.369 e. The molecule has 1 aliphatic heterocycles. The van der Waals surface area contributed by atoms with E-state index in [0.29, 0.717) is 5.69 Å². The van der Waals surface area contributed by atoms with Crippen LogP contribution in [0.5, 0.6) is 0 Å². The molecule has 0 amide bonds. The van der Waals surface area contributed by atoms with Gasteiger partial charge in [-0.05, 0) is 42.1 Å². The lowest BCUT2D eigenvalue weighted by molar-refractivity contribution is -0.137. The summed E-state index contributed by atoms with van der Waals surface area (Å²) in [5.41, 5.74) is 1.98. The van der Waals surface area contributed by atoms with Gasteiger partial charge in [-0.25, -0.2) is 4.68 Å². The minimum atomic E-state index is -4.33. The molecule has 0 atom stereocenters. The van der Waals surface area contributed by atoms with Gasteiger partial charge >= 0.3 is 6.18 Å². The minimum absolute atomic E-state index is 0.617. The van der Waals surface area contributed by atoms with E-state index in [0.717, 1.165) is 47.1 Å². The Labute approximate surface area is 134 Å². The Kier molecular flexibility index (Phi) is 3.19. The Morgan fingerprint density at radius 2 is 1.91 bits per heavy atom. The van der Waals surface area contributed by atoms with Gasteiger partial charge in [0.05, 0.1) is 16.1 Å². The smallest absolute Gasteiger partial charge is 0.369 e. The highest BCUT2D eigenvalue weighted by molar-refractivity contribution is 7.13. The van der Waals surface area contributed by atoms with Crippen molar-refractivity contribution in [3.63, 3.8) is 0 Å². The summed E-state index contributed by atoms with van der Waals surface area (Å²) in [6.07, 6.45) is -3.46. The van der Waals surface area contributed by atoms with Crippen molar-refractivity contribution >= 4 is 17.2 Å². The zero-order valence-corrected chi connectivity index (χ0v) is 12.7. The first-order valence-electron chi connectivity index (χ1n) is 7.11. The van der Waals surface area contributed by atoms with E-state index in [2.05, 4.69) is 10.4 Å². The number of alkyl halides is 3. The number of thiophene rings is 1. The summed E-state index contributed by atoms with van der Waals surface area (Å²) in [6, 6.07) is 9.05. The topological polar surface area (TPSA) is 29.9 Å². The van der Waals surface area contributed by atoms with E-state index in [1.807, 2.05) is 17.5 Å². The molecule has 0 unspecified atom stereocenters. The van der Waals surface area contributed by atoms with E-state index in [-0.39, 0.29) is 0 Å². The van der Waals surface area contributed by atoms with Crippen LogP contribution in [-0.2, 0) is 12.6 Å². The van der Waals surface area contributed by atoms with Crippen LogP contribution in [0.15, 0.2) is 41.8 Å². The Hall–Kier alpha value is -2.28. The summed E-state index contributed by atoms with van der Waals surface area (Å²) in [6.45, 7) is 0.812. The molecule has 3 heterocycles. The Bertz CT molecular complexity index is 833. The van der Waals surface area contributed by atoms with Gasteiger partial charge in [0.2, 0.25) is 0 Å². The van der Waals surface area contributed by atoms with Gasteiger partial charge in [0.25, 0.3) is 0 Å². The number of anilines is 1. The van der Waals surface area contributed by atoms with Crippen molar-refractivity contribution in [2.75, 3.05) is 11.9 Å². The lowest BCUT2D eigenvalue weighted by Crippen LogP contribution is -2.07. The highest BCUT2D eigenvalue weighted by Crippen LogP contribution is 2.37. The molecule has 3 nitrogen and oxygen atoms in total. The number of hydrogen-bond donors (Lipinski definition) is 1. The quantitative estimate of drug-likeness (QED) is 0.742. The summed E-state index contributed by atoms with van der Waals surface area (Å²) in [5.74, 6) is 0.869. The number of halogens is 3. The highest BCUT2D eigenvalue weighted by Gasteiger charge is 2.30. The van der Waals surface area contributed by atoms with Gasteiger partial charge in [0.1, 0.15) is 11.5 Å². The Morgan fingerprint density at radius 1 is 1.13 bits per heavy atom. The van der Waals surface area contributed by atoms with Crippen molar-refractivity contribution < 1.29 is 13.2 Å². The molecule has 118 valence electrons. The molecule has 3 aromatic rings. The summed E-state index contributed by atoms with van der Waals surface area (Å²) < 4.78 is 39.8. The van der Waals surface area contributed by atoms with Crippen LogP contribution in [0.4, 0.5) is 19.0 Å². The summed E-state index contributed by atoms with van der Waals surface area (Å²) in [4.78, 5) is 1.07. The van der Waals surface area contributed by atoms with Crippen molar-refractivity contribution in [3.8, 4) is 16.3 Å². The number of nitrogens with one attached hydrogen (secondary N) is 1. The van der Waals surface area contributed by atoms with Gasteiger partial charge in [-0.15, -0.1) is 11.3 Å². The first kappa shape index (κ1) is 14.3. The number of nitrogens with zero attached hydrogens (tertiary/aromatic N) is 2. The van der Waals surface area contributed by atoms with Crippen molar-refractivity contribution in [2.24, 2.45) is 0 Å². The molecule has 0 radical (unpaired) electrons. The first-order chi connectivity index (χ1) is 11.0. The molecule has 7 heteroatoms. The third-order valence-corrected chi connectivity index (χ3v) is 4.72. The van der Waals surface area contributed by atoms with Crippen LogP contribution < -0.4 is 5.32 Å².